The number of rotatable bonds is 4. The van der Waals surface area contributed by atoms with Crippen molar-refractivity contribution in [2.75, 3.05) is 7.11 Å². The number of benzene rings is 1. The number of nitrogens with zero attached hydrogens (tertiary/aromatic N) is 1. The molecule has 0 aliphatic heterocycles. The van der Waals surface area contributed by atoms with Crippen LogP contribution in [0.15, 0.2) is 24.3 Å². The second-order valence-electron chi connectivity index (χ2n) is 6.79. The van der Waals surface area contributed by atoms with Crippen LogP contribution in [-0.4, -0.2) is 21.0 Å². The lowest BCUT2D eigenvalue weighted by Crippen LogP contribution is -2.47. The van der Waals surface area contributed by atoms with Crippen LogP contribution in [0.4, 0.5) is 0 Å². The van der Waals surface area contributed by atoms with Gasteiger partial charge in [0.15, 0.2) is 13.9 Å². The third-order valence-electron chi connectivity index (χ3n) is 4.03. The van der Waals surface area contributed by atoms with Gasteiger partial charge in [-0.3, -0.25) is 0 Å². The Morgan fingerprint density at radius 3 is 2.67 bits per heavy atom. The van der Waals surface area contributed by atoms with E-state index in [2.05, 4.69) is 37.8 Å². The van der Waals surface area contributed by atoms with Gasteiger partial charge in [0.05, 0.1) is 13.2 Å². The van der Waals surface area contributed by atoms with Crippen LogP contribution in [0.3, 0.4) is 0 Å². The molecule has 1 aromatic carbocycles. The van der Waals surface area contributed by atoms with Crippen LogP contribution in [0.25, 0.3) is 0 Å². The first-order valence-corrected chi connectivity index (χ1v) is 11.1. The number of hydrogen-bond acceptors (Lipinski definition) is 3. The van der Waals surface area contributed by atoms with Crippen LogP contribution in [-0.2, 0) is 4.43 Å². The molecule has 2 rings (SSSR count). The average molecular weight is 303 g/mol. The quantitative estimate of drug-likeness (QED) is 0.771. The third-order valence-corrected chi connectivity index (χ3v) is 5.00. The van der Waals surface area contributed by atoms with E-state index in [1.807, 2.05) is 12.1 Å². The lowest BCUT2D eigenvalue weighted by Gasteiger charge is -2.43. The van der Waals surface area contributed by atoms with Crippen molar-refractivity contribution in [3.63, 3.8) is 0 Å². The highest BCUT2D eigenvalue weighted by Gasteiger charge is 2.45. The summed E-state index contributed by atoms with van der Waals surface area (Å²) in [5, 5.41) is 9.88. The van der Waals surface area contributed by atoms with Crippen molar-refractivity contribution >= 4 is 8.32 Å². The molecule has 0 N–H and O–H groups in total. The fraction of sp³-hybridized carbons (Fsp3) is 0.588. The van der Waals surface area contributed by atoms with E-state index in [1.54, 1.807) is 7.11 Å². The standard InChI is InChI=1S/C17H25NO2Si/c1-19-15-9-7-8-14(12-15)16-10-5-6-11-17(16,13-18)20-21(2,3)4/h7-9,12,16H,5-6,10-11H2,1-4H3. The summed E-state index contributed by atoms with van der Waals surface area (Å²) >= 11 is 0. The summed E-state index contributed by atoms with van der Waals surface area (Å²) in [6, 6.07) is 10.6. The van der Waals surface area contributed by atoms with E-state index in [0.717, 1.165) is 37.0 Å². The molecule has 2 unspecified atom stereocenters. The van der Waals surface area contributed by atoms with Gasteiger partial charge in [0.1, 0.15) is 5.75 Å². The minimum absolute atomic E-state index is 0.137. The first-order valence-electron chi connectivity index (χ1n) is 7.65. The van der Waals surface area contributed by atoms with Gasteiger partial charge in [-0.1, -0.05) is 18.6 Å². The SMILES string of the molecule is COc1cccc(C2CCCCC2(C#N)O[Si](C)(C)C)c1. The maximum atomic E-state index is 9.88. The zero-order chi connectivity index (χ0) is 15.5. The molecule has 2 atom stereocenters. The first kappa shape index (κ1) is 16.1. The van der Waals surface area contributed by atoms with Gasteiger partial charge in [-0.15, -0.1) is 0 Å². The molecule has 1 aliphatic rings. The van der Waals surface area contributed by atoms with E-state index in [4.69, 9.17) is 9.16 Å². The Labute approximate surface area is 129 Å². The van der Waals surface area contributed by atoms with Crippen LogP contribution in [0, 0.1) is 11.3 Å². The van der Waals surface area contributed by atoms with Crippen molar-refractivity contribution < 1.29 is 9.16 Å². The van der Waals surface area contributed by atoms with Gasteiger partial charge in [0, 0.05) is 5.92 Å². The summed E-state index contributed by atoms with van der Waals surface area (Å²) in [5.74, 6) is 0.982. The molecule has 0 amide bonds. The summed E-state index contributed by atoms with van der Waals surface area (Å²) < 4.78 is 11.7. The zero-order valence-electron chi connectivity index (χ0n) is 13.5. The molecule has 0 saturated heterocycles. The van der Waals surface area contributed by atoms with Gasteiger partial charge in [-0.25, -0.2) is 0 Å². The molecule has 21 heavy (non-hydrogen) atoms. The van der Waals surface area contributed by atoms with Gasteiger partial charge < -0.3 is 9.16 Å². The third kappa shape index (κ3) is 3.66. The predicted octanol–water partition coefficient (Wildman–Crippen LogP) is 4.47. The maximum absolute atomic E-state index is 9.88. The number of hydrogen-bond donors (Lipinski definition) is 0. The van der Waals surface area contributed by atoms with Crippen LogP contribution >= 0.6 is 0 Å². The minimum atomic E-state index is -1.79. The molecule has 1 saturated carbocycles. The second-order valence-corrected chi connectivity index (χ2v) is 11.2. The number of ether oxygens (including phenoxy) is 1. The molecule has 0 radical (unpaired) electrons. The molecule has 0 bridgehead atoms. The van der Waals surface area contributed by atoms with Crippen molar-refractivity contribution in [2.45, 2.75) is 56.8 Å². The molecule has 1 aliphatic carbocycles. The van der Waals surface area contributed by atoms with E-state index in [0.29, 0.717) is 0 Å². The smallest absolute Gasteiger partial charge is 0.185 e. The Kier molecular flexibility index (Phi) is 4.75. The monoisotopic (exact) mass is 303 g/mol. The van der Waals surface area contributed by atoms with Crippen molar-refractivity contribution in [1.82, 2.24) is 0 Å². The lowest BCUT2D eigenvalue weighted by molar-refractivity contribution is 0.0540. The fourth-order valence-electron chi connectivity index (χ4n) is 3.26. The zero-order valence-corrected chi connectivity index (χ0v) is 14.5. The summed E-state index contributed by atoms with van der Waals surface area (Å²) in [6.45, 7) is 6.47. The van der Waals surface area contributed by atoms with Crippen LogP contribution in [0.5, 0.6) is 5.75 Å². The van der Waals surface area contributed by atoms with Crippen molar-refractivity contribution in [3.8, 4) is 11.8 Å². The van der Waals surface area contributed by atoms with Gasteiger partial charge >= 0.3 is 0 Å². The van der Waals surface area contributed by atoms with Gasteiger partial charge in [-0.2, -0.15) is 5.26 Å². The summed E-state index contributed by atoms with van der Waals surface area (Å²) in [7, 11) is -0.112. The molecule has 0 aromatic heterocycles. The summed E-state index contributed by atoms with van der Waals surface area (Å²) in [4.78, 5) is 0. The molecule has 114 valence electrons. The average Bonchev–Trinajstić information content (AvgIpc) is 2.46. The van der Waals surface area contributed by atoms with Gasteiger partial charge in [-0.05, 0) is 56.6 Å². The fourth-order valence-corrected chi connectivity index (χ4v) is 4.65. The van der Waals surface area contributed by atoms with Crippen molar-refractivity contribution in [2.24, 2.45) is 0 Å². The Bertz CT molecular complexity index is 532. The van der Waals surface area contributed by atoms with Crippen molar-refractivity contribution in [3.05, 3.63) is 29.8 Å². The molecule has 4 heteroatoms. The Balaban J connectivity index is 2.39. The highest BCUT2D eigenvalue weighted by Crippen LogP contribution is 2.45. The largest absolute Gasteiger partial charge is 0.497 e. The van der Waals surface area contributed by atoms with Crippen LogP contribution < -0.4 is 4.74 Å². The van der Waals surface area contributed by atoms with E-state index in [1.165, 1.54) is 0 Å². The normalized spacial score (nSPS) is 26.1. The first-order chi connectivity index (χ1) is 9.90. The topological polar surface area (TPSA) is 42.2 Å². The van der Waals surface area contributed by atoms with Crippen LogP contribution in [0.2, 0.25) is 19.6 Å². The predicted molar refractivity (Wildman–Crippen MR) is 87.0 cm³/mol. The van der Waals surface area contributed by atoms with Gasteiger partial charge in [0.2, 0.25) is 0 Å². The van der Waals surface area contributed by atoms with Crippen molar-refractivity contribution in [1.29, 1.82) is 5.26 Å². The molecule has 0 heterocycles. The second kappa shape index (κ2) is 6.21. The van der Waals surface area contributed by atoms with E-state index in [9.17, 15) is 5.26 Å². The minimum Gasteiger partial charge on any atom is -0.497 e. The molecule has 1 aromatic rings. The highest BCUT2D eigenvalue weighted by atomic mass is 28.4. The van der Waals surface area contributed by atoms with E-state index >= 15 is 0 Å². The molecule has 3 nitrogen and oxygen atoms in total. The highest BCUT2D eigenvalue weighted by molar-refractivity contribution is 6.69. The Morgan fingerprint density at radius 1 is 1.29 bits per heavy atom. The summed E-state index contributed by atoms with van der Waals surface area (Å²) in [6.07, 6.45) is 4.06. The molecular weight excluding hydrogens is 278 g/mol. The number of nitriles is 1. The van der Waals surface area contributed by atoms with Crippen LogP contribution in [0.1, 0.15) is 37.2 Å². The van der Waals surface area contributed by atoms with E-state index < -0.39 is 13.9 Å². The summed E-state index contributed by atoms with van der Waals surface area (Å²) in [5.41, 5.74) is 0.489. The van der Waals surface area contributed by atoms with Gasteiger partial charge in [0.25, 0.3) is 0 Å². The molecule has 1 fully saturated rings. The van der Waals surface area contributed by atoms with E-state index in [-0.39, 0.29) is 5.92 Å². The lowest BCUT2D eigenvalue weighted by atomic mass is 9.73. The number of methoxy groups -OCH3 is 1. The Morgan fingerprint density at radius 2 is 2.05 bits per heavy atom. The molecule has 0 spiro atoms. The molecular formula is C17H25NO2Si. The maximum Gasteiger partial charge on any atom is 0.185 e. The Hall–Kier alpha value is -1.31.